The van der Waals surface area contributed by atoms with E-state index >= 15 is 0 Å². The van der Waals surface area contributed by atoms with E-state index in [1.165, 1.54) is 19.3 Å². The summed E-state index contributed by atoms with van der Waals surface area (Å²) in [5, 5.41) is 3.08. The van der Waals surface area contributed by atoms with Crippen LogP contribution in [0.15, 0.2) is 24.3 Å². The average Bonchev–Trinajstić information content (AvgIpc) is 2.59. The highest BCUT2D eigenvalue weighted by molar-refractivity contribution is 5.92. The fourth-order valence-electron chi connectivity index (χ4n) is 2.79. The monoisotopic (exact) mass is 317 g/mol. The number of hydrogen-bond acceptors (Lipinski definition) is 3. The first-order chi connectivity index (χ1) is 11.2. The van der Waals surface area contributed by atoms with Crippen molar-refractivity contribution in [3.63, 3.8) is 0 Å². The summed E-state index contributed by atoms with van der Waals surface area (Å²) in [5.74, 6) is 1.40. The number of nitrogens with one attached hydrogen (secondary N) is 1. The molecule has 4 heteroatoms. The number of hydrogen-bond donors (Lipinski definition) is 1. The van der Waals surface area contributed by atoms with Crippen molar-refractivity contribution in [3.8, 4) is 11.5 Å². The van der Waals surface area contributed by atoms with E-state index in [-0.39, 0.29) is 5.91 Å². The van der Waals surface area contributed by atoms with Gasteiger partial charge in [-0.15, -0.1) is 0 Å². The number of carbonyl (C=O) groups is 1. The Balaban J connectivity index is 1.94. The quantitative estimate of drug-likeness (QED) is 0.775. The molecule has 0 aliphatic heterocycles. The van der Waals surface area contributed by atoms with Crippen molar-refractivity contribution < 1.29 is 14.3 Å². The third-order valence-corrected chi connectivity index (χ3v) is 4.03. The van der Waals surface area contributed by atoms with Crippen LogP contribution in [0.5, 0.6) is 11.5 Å². The van der Waals surface area contributed by atoms with Crippen molar-refractivity contribution >= 4 is 12.0 Å². The van der Waals surface area contributed by atoms with Crippen LogP contribution in [0.2, 0.25) is 0 Å². The van der Waals surface area contributed by atoms with Crippen LogP contribution in [-0.2, 0) is 4.79 Å². The number of carbonyl (C=O) groups excluding carboxylic acids is 1. The van der Waals surface area contributed by atoms with E-state index in [1.807, 2.05) is 24.3 Å². The van der Waals surface area contributed by atoms with Gasteiger partial charge in [0, 0.05) is 12.1 Å². The van der Waals surface area contributed by atoms with Crippen molar-refractivity contribution in [2.45, 2.75) is 51.5 Å². The standard InChI is InChI=1S/C19H27NO3/c1-3-13-23-17-11-9-15(14-18(17)22-2)10-12-19(21)20-16-7-5-4-6-8-16/h9-12,14,16H,3-8,13H2,1-2H3,(H,20,21). The maximum atomic E-state index is 12.0. The van der Waals surface area contributed by atoms with Gasteiger partial charge in [-0.05, 0) is 43.0 Å². The first kappa shape index (κ1) is 17.4. The van der Waals surface area contributed by atoms with Crippen LogP contribution in [0.1, 0.15) is 51.0 Å². The van der Waals surface area contributed by atoms with Gasteiger partial charge in [0.15, 0.2) is 11.5 Å². The molecular weight excluding hydrogens is 290 g/mol. The van der Waals surface area contributed by atoms with Crippen LogP contribution >= 0.6 is 0 Å². The molecule has 0 radical (unpaired) electrons. The summed E-state index contributed by atoms with van der Waals surface area (Å²) in [7, 11) is 1.62. The van der Waals surface area contributed by atoms with Gasteiger partial charge in [-0.2, -0.15) is 0 Å². The van der Waals surface area contributed by atoms with Crippen LogP contribution in [0.4, 0.5) is 0 Å². The minimum absolute atomic E-state index is 0.0258. The zero-order valence-corrected chi connectivity index (χ0v) is 14.1. The predicted octanol–water partition coefficient (Wildman–Crippen LogP) is 3.95. The second kappa shape index (κ2) is 9.23. The van der Waals surface area contributed by atoms with Gasteiger partial charge in [-0.3, -0.25) is 4.79 Å². The van der Waals surface area contributed by atoms with Gasteiger partial charge < -0.3 is 14.8 Å². The fraction of sp³-hybridized carbons (Fsp3) is 0.526. The Labute approximate surface area is 138 Å². The molecule has 126 valence electrons. The molecular formula is C19H27NO3. The summed E-state index contributed by atoms with van der Waals surface area (Å²) in [6, 6.07) is 6.03. The molecule has 1 N–H and O–H groups in total. The molecule has 1 aliphatic carbocycles. The van der Waals surface area contributed by atoms with Crippen LogP contribution < -0.4 is 14.8 Å². The molecule has 0 spiro atoms. The number of methoxy groups -OCH3 is 1. The normalized spacial score (nSPS) is 15.6. The molecule has 0 saturated heterocycles. The SMILES string of the molecule is CCCOc1ccc(C=CC(=O)NC2CCCCC2)cc1OC. The van der Waals surface area contributed by atoms with Gasteiger partial charge in [0.2, 0.25) is 5.91 Å². The van der Waals surface area contributed by atoms with Crippen molar-refractivity contribution in [2.24, 2.45) is 0 Å². The number of rotatable bonds is 7. The maximum Gasteiger partial charge on any atom is 0.244 e. The van der Waals surface area contributed by atoms with E-state index < -0.39 is 0 Å². The fourth-order valence-corrected chi connectivity index (χ4v) is 2.79. The molecule has 0 bridgehead atoms. The Morgan fingerprint density at radius 1 is 1.26 bits per heavy atom. The molecule has 1 aromatic rings. The highest BCUT2D eigenvalue weighted by Gasteiger charge is 2.14. The van der Waals surface area contributed by atoms with E-state index in [4.69, 9.17) is 9.47 Å². The third kappa shape index (κ3) is 5.62. The van der Waals surface area contributed by atoms with Gasteiger partial charge in [-0.25, -0.2) is 0 Å². The van der Waals surface area contributed by atoms with Crippen molar-refractivity contribution in [1.29, 1.82) is 0 Å². The van der Waals surface area contributed by atoms with Crippen LogP contribution in [0, 0.1) is 0 Å². The second-order valence-electron chi connectivity index (χ2n) is 5.94. The van der Waals surface area contributed by atoms with Gasteiger partial charge in [-0.1, -0.05) is 32.3 Å². The zero-order chi connectivity index (χ0) is 16.5. The topological polar surface area (TPSA) is 47.6 Å². The zero-order valence-electron chi connectivity index (χ0n) is 14.1. The molecule has 1 amide bonds. The lowest BCUT2D eigenvalue weighted by atomic mass is 9.95. The van der Waals surface area contributed by atoms with E-state index in [0.717, 1.165) is 30.6 Å². The Bertz CT molecular complexity index is 533. The predicted molar refractivity (Wildman–Crippen MR) is 92.8 cm³/mol. The molecule has 1 fully saturated rings. The van der Waals surface area contributed by atoms with Crippen LogP contribution in [0.3, 0.4) is 0 Å². The summed E-state index contributed by atoms with van der Waals surface area (Å²) >= 11 is 0. The summed E-state index contributed by atoms with van der Waals surface area (Å²) in [5.41, 5.74) is 0.921. The Morgan fingerprint density at radius 3 is 2.74 bits per heavy atom. The summed E-state index contributed by atoms with van der Waals surface area (Å²) in [4.78, 5) is 12.0. The van der Waals surface area contributed by atoms with E-state index in [1.54, 1.807) is 13.2 Å². The van der Waals surface area contributed by atoms with E-state index in [0.29, 0.717) is 18.4 Å². The van der Waals surface area contributed by atoms with Gasteiger partial charge in [0.1, 0.15) is 0 Å². The second-order valence-corrected chi connectivity index (χ2v) is 5.94. The summed E-state index contributed by atoms with van der Waals surface area (Å²) in [6.45, 7) is 2.73. The molecule has 0 unspecified atom stereocenters. The number of ether oxygens (including phenoxy) is 2. The lowest BCUT2D eigenvalue weighted by Crippen LogP contribution is -2.34. The van der Waals surface area contributed by atoms with Crippen LogP contribution in [0.25, 0.3) is 6.08 Å². The Hall–Kier alpha value is -1.97. The molecule has 4 nitrogen and oxygen atoms in total. The highest BCUT2D eigenvalue weighted by Crippen LogP contribution is 2.28. The van der Waals surface area contributed by atoms with Crippen molar-refractivity contribution in [1.82, 2.24) is 5.32 Å². The minimum atomic E-state index is -0.0258. The molecule has 1 aromatic carbocycles. The van der Waals surface area contributed by atoms with Gasteiger partial charge in [0.25, 0.3) is 0 Å². The first-order valence-electron chi connectivity index (χ1n) is 8.52. The van der Waals surface area contributed by atoms with E-state index in [9.17, 15) is 4.79 Å². The number of amides is 1. The van der Waals surface area contributed by atoms with E-state index in [2.05, 4.69) is 12.2 Å². The molecule has 2 rings (SSSR count). The largest absolute Gasteiger partial charge is 0.493 e. The van der Waals surface area contributed by atoms with Crippen molar-refractivity contribution in [3.05, 3.63) is 29.8 Å². The highest BCUT2D eigenvalue weighted by atomic mass is 16.5. The maximum absolute atomic E-state index is 12.0. The Kier molecular flexibility index (Phi) is 6.98. The summed E-state index contributed by atoms with van der Waals surface area (Å²) in [6.07, 6.45) is 10.3. The smallest absolute Gasteiger partial charge is 0.244 e. The molecule has 0 heterocycles. The molecule has 0 atom stereocenters. The summed E-state index contributed by atoms with van der Waals surface area (Å²) < 4.78 is 11.0. The molecule has 1 saturated carbocycles. The lowest BCUT2D eigenvalue weighted by molar-refractivity contribution is -0.117. The van der Waals surface area contributed by atoms with Crippen molar-refractivity contribution in [2.75, 3.05) is 13.7 Å². The van der Waals surface area contributed by atoms with Gasteiger partial charge >= 0.3 is 0 Å². The molecule has 1 aliphatic rings. The average molecular weight is 317 g/mol. The molecule has 0 aromatic heterocycles. The number of benzene rings is 1. The van der Waals surface area contributed by atoms with Crippen LogP contribution in [-0.4, -0.2) is 25.7 Å². The third-order valence-electron chi connectivity index (χ3n) is 4.03. The lowest BCUT2D eigenvalue weighted by Gasteiger charge is -2.21. The van der Waals surface area contributed by atoms with Gasteiger partial charge in [0.05, 0.1) is 13.7 Å². The molecule has 23 heavy (non-hydrogen) atoms. The minimum Gasteiger partial charge on any atom is -0.493 e. The first-order valence-corrected chi connectivity index (χ1v) is 8.52. The Morgan fingerprint density at radius 2 is 2.04 bits per heavy atom.